The molecule has 0 aromatic heterocycles. The summed E-state index contributed by atoms with van der Waals surface area (Å²) in [6.07, 6.45) is 0. The molecule has 54 heavy (non-hydrogen) atoms. The average molecular weight is 688 g/mol. The Hall–Kier alpha value is -6.96. The summed E-state index contributed by atoms with van der Waals surface area (Å²) in [6, 6.07) is 79.2. The van der Waals surface area contributed by atoms with Crippen LogP contribution < -0.4 is 4.90 Å². The van der Waals surface area contributed by atoms with Gasteiger partial charge in [-0.2, -0.15) is 0 Å². The molecular weight excluding hydrogens is 651 g/mol. The molecular formula is C53H37N. The molecule has 1 atom stereocenters. The Bertz CT molecular complexity index is 2770. The first kappa shape index (κ1) is 31.7. The van der Waals surface area contributed by atoms with E-state index >= 15 is 0 Å². The van der Waals surface area contributed by atoms with E-state index in [1.54, 1.807) is 0 Å². The second kappa shape index (κ2) is 13.5. The lowest BCUT2D eigenvalue weighted by atomic mass is 9.95. The summed E-state index contributed by atoms with van der Waals surface area (Å²) in [5.41, 5.74) is 15.1. The number of fused-ring (bicyclic) bond motifs is 2. The van der Waals surface area contributed by atoms with Crippen LogP contribution in [0.5, 0.6) is 0 Å². The smallest absolute Gasteiger partial charge is 0.0540 e. The lowest BCUT2D eigenvalue weighted by molar-refractivity contribution is 1.25. The first-order valence-electron chi connectivity index (χ1n) is 18.7. The highest BCUT2D eigenvalue weighted by Crippen LogP contribution is 2.60. The zero-order chi connectivity index (χ0) is 35.8. The molecule has 0 fully saturated rings. The lowest BCUT2D eigenvalue weighted by Crippen LogP contribution is -2.10. The highest BCUT2D eigenvalue weighted by molar-refractivity contribution is 6.18. The van der Waals surface area contributed by atoms with Gasteiger partial charge in [0, 0.05) is 22.7 Å². The van der Waals surface area contributed by atoms with Crippen LogP contribution in [0.1, 0.15) is 22.6 Å². The molecule has 0 spiro atoms. The van der Waals surface area contributed by atoms with Crippen molar-refractivity contribution in [2.24, 2.45) is 0 Å². The van der Waals surface area contributed by atoms with E-state index in [2.05, 4.69) is 223 Å². The van der Waals surface area contributed by atoms with Gasteiger partial charge in [-0.1, -0.05) is 188 Å². The van der Waals surface area contributed by atoms with Gasteiger partial charge >= 0.3 is 0 Å². The summed E-state index contributed by atoms with van der Waals surface area (Å²) in [5.74, 6) is 0.288. The Kier molecular flexibility index (Phi) is 7.96. The van der Waals surface area contributed by atoms with Gasteiger partial charge in [-0.3, -0.25) is 0 Å². The first-order chi connectivity index (χ1) is 26.8. The SMILES string of the molecule is c1ccc(C2=C(c3cccc4ccccc34)C2c2ccc(-c3ccc(-c4ccc(N(c5ccccc5)c5cccc6ccccc56)cc4)cc3)cc2)cc1. The van der Waals surface area contributed by atoms with Crippen LogP contribution in [0.15, 0.2) is 218 Å². The van der Waals surface area contributed by atoms with Crippen molar-refractivity contribution in [3.05, 3.63) is 235 Å². The molecule has 1 nitrogen and oxygen atoms in total. The minimum atomic E-state index is 0.288. The van der Waals surface area contributed by atoms with E-state index in [1.165, 1.54) is 77.3 Å². The van der Waals surface area contributed by atoms with Crippen molar-refractivity contribution in [2.75, 3.05) is 4.90 Å². The third kappa shape index (κ3) is 5.77. The summed E-state index contributed by atoms with van der Waals surface area (Å²) in [4.78, 5) is 2.35. The summed E-state index contributed by atoms with van der Waals surface area (Å²) in [7, 11) is 0. The van der Waals surface area contributed by atoms with Crippen LogP contribution in [-0.2, 0) is 0 Å². The van der Waals surface area contributed by atoms with E-state index in [0.29, 0.717) is 0 Å². The van der Waals surface area contributed by atoms with Crippen LogP contribution in [-0.4, -0.2) is 0 Å². The highest BCUT2D eigenvalue weighted by atomic mass is 15.1. The van der Waals surface area contributed by atoms with Crippen molar-refractivity contribution >= 4 is 49.8 Å². The van der Waals surface area contributed by atoms with Crippen molar-refractivity contribution in [3.8, 4) is 22.3 Å². The zero-order valence-corrected chi connectivity index (χ0v) is 29.8. The molecule has 0 saturated carbocycles. The summed E-state index contributed by atoms with van der Waals surface area (Å²) in [5, 5.41) is 5.06. The molecule has 1 aliphatic rings. The molecule has 0 aliphatic heterocycles. The number of nitrogens with zero attached hydrogens (tertiary/aromatic N) is 1. The predicted molar refractivity (Wildman–Crippen MR) is 229 cm³/mol. The Morgan fingerprint density at radius 2 is 0.759 bits per heavy atom. The predicted octanol–water partition coefficient (Wildman–Crippen LogP) is 14.5. The van der Waals surface area contributed by atoms with E-state index < -0.39 is 0 Å². The Morgan fingerprint density at radius 1 is 0.296 bits per heavy atom. The van der Waals surface area contributed by atoms with Crippen LogP contribution in [0.2, 0.25) is 0 Å². The summed E-state index contributed by atoms with van der Waals surface area (Å²) >= 11 is 0. The zero-order valence-electron chi connectivity index (χ0n) is 29.8. The van der Waals surface area contributed by atoms with Crippen molar-refractivity contribution < 1.29 is 0 Å². The largest absolute Gasteiger partial charge is 0.310 e. The van der Waals surface area contributed by atoms with Gasteiger partial charge in [-0.15, -0.1) is 0 Å². The minimum absolute atomic E-state index is 0.288. The molecule has 0 heterocycles. The van der Waals surface area contributed by atoms with Gasteiger partial charge in [-0.05, 0) is 96.6 Å². The van der Waals surface area contributed by atoms with E-state index in [4.69, 9.17) is 0 Å². The molecule has 10 rings (SSSR count). The molecule has 1 unspecified atom stereocenters. The Balaban J connectivity index is 0.915. The fraction of sp³-hybridized carbons (Fsp3) is 0.0189. The van der Waals surface area contributed by atoms with Crippen LogP contribution in [0.3, 0.4) is 0 Å². The second-order valence-electron chi connectivity index (χ2n) is 14.1. The number of anilines is 3. The van der Waals surface area contributed by atoms with Crippen molar-refractivity contribution in [3.63, 3.8) is 0 Å². The van der Waals surface area contributed by atoms with Gasteiger partial charge < -0.3 is 4.90 Å². The van der Waals surface area contributed by atoms with Crippen LogP contribution in [0.25, 0.3) is 54.9 Å². The normalized spacial score (nSPS) is 13.7. The second-order valence-corrected chi connectivity index (χ2v) is 14.1. The van der Waals surface area contributed by atoms with Gasteiger partial charge in [0.15, 0.2) is 0 Å². The lowest BCUT2D eigenvalue weighted by Gasteiger charge is -2.27. The van der Waals surface area contributed by atoms with Crippen LogP contribution in [0, 0.1) is 0 Å². The maximum atomic E-state index is 2.35. The number of para-hydroxylation sites is 1. The molecule has 0 bridgehead atoms. The third-order valence-corrected chi connectivity index (χ3v) is 10.9. The quantitative estimate of drug-likeness (QED) is 0.154. The van der Waals surface area contributed by atoms with Gasteiger partial charge in [0.2, 0.25) is 0 Å². The fourth-order valence-corrected chi connectivity index (χ4v) is 8.19. The first-order valence-corrected chi connectivity index (χ1v) is 18.7. The van der Waals surface area contributed by atoms with Crippen molar-refractivity contribution in [1.29, 1.82) is 0 Å². The minimum Gasteiger partial charge on any atom is -0.310 e. The Labute approximate surface area is 316 Å². The molecule has 1 aliphatic carbocycles. The highest BCUT2D eigenvalue weighted by Gasteiger charge is 2.40. The molecule has 0 saturated heterocycles. The van der Waals surface area contributed by atoms with Crippen LogP contribution >= 0.6 is 0 Å². The van der Waals surface area contributed by atoms with Crippen LogP contribution in [0.4, 0.5) is 17.1 Å². The Morgan fingerprint density at radius 3 is 1.41 bits per heavy atom. The summed E-state index contributed by atoms with van der Waals surface area (Å²) in [6.45, 7) is 0. The standard InChI is InChI=1S/C53H37N/c1-3-15-43(16-4-1)51-52(53(51)49-23-11-17-41-13-7-9-21-47(41)49)44-31-29-39(30-32-44)37-25-27-38(28-26-37)40-33-35-46(36-34-40)54(45-19-5-2-6-20-45)50-24-12-18-42-14-8-10-22-48(42)50/h1-36,52H. The third-order valence-electron chi connectivity index (χ3n) is 10.9. The van der Waals surface area contributed by atoms with E-state index in [-0.39, 0.29) is 5.92 Å². The number of hydrogen-bond acceptors (Lipinski definition) is 1. The number of allylic oxidation sites excluding steroid dienone is 2. The molecule has 9 aromatic carbocycles. The number of benzene rings is 9. The van der Waals surface area contributed by atoms with E-state index in [1.807, 2.05) is 0 Å². The molecule has 0 N–H and O–H groups in total. The van der Waals surface area contributed by atoms with Gasteiger partial charge in [0.1, 0.15) is 0 Å². The molecule has 1 heteroatoms. The van der Waals surface area contributed by atoms with Crippen molar-refractivity contribution in [1.82, 2.24) is 0 Å². The molecule has 9 aromatic rings. The van der Waals surface area contributed by atoms with Gasteiger partial charge in [-0.25, -0.2) is 0 Å². The molecule has 0 amide bonds. The maximum Gasteiger partial charge on any atom is 0.0540 e. The summed E-state index contributed by atoms with van der Waals surface area (Å²) < 4.78 is 0. The monoisotopic (exact) mass is 687 g/mol. The van der Waals surface area contributed by atoms with Crippen molar-refractivity contribution in [2.45, 2.75) is 5.92 Å². The van der Waals surface area contributed by atoms with Gasteiger partial charge in [0.25, 0.3) is 0 Å². The van der Waals surface area contributed by atoms with Gasteiger partial charge in [0.05, 0.1) is 5.69 Å². The fourth-order valence-electron chi connectivity index (χ4n) is 8.19. The number of hydrogen-bond donors (Lipinski definition) is 0. The topological polar surface area (TPSA) is 3.24 Å². The average Bonchev–Trinajstić information content (AvgIpc) is 4.00. The van der Waals surface area contributed by atoms with E-state index in [9.17, 15) is 0 Å². The van der Waals surface area contributed by atoms with E-state index in [0.717, 1.165) is 11.4 Å². The molecule has 0 radical (unpaired) electrons. The number of rotatable bonds is 8. The maximum absolute atomic E-state index is 2.35. The molecule has 254 valence electrons.